The van der Waals surface area contributed by atoms with Crippen LogP contribution >= 0.6 is 0 Å². The Morgan fingerprint density at radius 2 is 2.38 bits per heavy atom. The highest BCUT2D eigenvalue weighted by Gasteiger charge is 2.13. The maximum atomic E-state index is 5.64. The van der Waals surface area contributed by atoms with Crippen molar-refractivity contribution in [2.45, 2.75) is 32.0 Å². The minimum Gasteiger partial charge on any atom is -0.384 e. The fourth-order valence-electron chi connectivity index (χ4n) is 1.73. The molecule has 4 nitrogen and oxygen atoms in total. The van der Waals surface area contributed by atoms with Gasteiger partial charge in [-0.15, -0.1) is 0 Å². The number of hydrogen-bond donors (Lipinski definition) is 1. The molecule has 16 heavy (non-hydrogen) atoms. The summed E-state index contributed by atoms with van der Waals surface area (Å²) in [5.41, 5.74) is 6.65. The fourth-order valence-corrected chi connectivity index (χ4v) is 1.73. The highest BCUT2D eigenvalue weighted by atomic mass is 16.7. The van der Waals surface area contributed by atoms with Crippen molar-refractivity contribution in [1.82, 2.24) is 4.98 Å². The van der Waals surface area contributed by atoms with Gasteiger partial charge in [0.1, 0.15) is 5.82 Å². The Labute approximate surface area is 95.8 Å². The molecule has 0 spiro atoms. The van der Waals surface area contributed by atoms with E-state index in [1.54, 1.807) is 6.20 Å². The molecule has 0 saturated carbocycles. The van der Waals surface area contributed by atoms with Crippen LogP contribution < -0.4 is 5.73 Å². The van der Waals surface area contributed by atoms with E-state index in [9.17, 15) is 0 Å². The smallest absolute Gasteiger partial charge is 0.157 e. The van der Waals surface area contributed by atoms with Gasteiger partial charge in [-0.1, -0.05) is 6.07 Å². The molecule has 88 valence electrons. The van der Waals surface area contributed by atoms with E-state index in [-0.39, 0.29) is 6.29 Å². The second-order valence-electron chi connectivity index (χ2n) is 4.01. The first-order valence-corrected chi connectivity index (χ1v) is 5.78. The van der Waals surface area contributed by atoms with E-state index in [2.05, 4.69) is 4.98 Å². The van der Waals surface area contributed by atoms with Crippen molar-refractivity contribution in [2.75, 3.05) is 18.9 Å². The minimum atomic E-state index is -0.00418. The zero-order valence-electron chi connectivity index (χ0n) is 9.39. The largest absolute Gasteiger partial charge is 0.384 e. The summed E-state index contributed by atoms with van der Waals surface area (Å²) in [5.74, 6) is 0.556. The molecule has 0 amide bonds. The van der Waals surface area contributed by atoms with Crippen LogP contribution in [0, 0.1) is 0 Å². The minimum absolute atomic E-state index is 0.00418. The molecule has 2 rings (SSSR count). The number of nitrogens with zero attached hydrogens (tertiary/aromatic N) is 1. The van der Waals surface area contributed by atoms with Crippen molar-refractivity contribution in [3.63, 3.8) is 0 Å². The maximum absolute atomic E-state index is 5.64. The molecule has 1 saturated heterocycles. The van der Waals surface area contributed by atoms with Crippen LogP contribution in [0.5, 0.6) is 0 Å². The van der Waals surface area contributed by atoms with Crippen molar-refractivity contribution in [1.29, 1.82) is 0 Å². The molecular weight excluding hydrogens is 204 g/mol. The predicted molar refractivity (Wildman–Crippen MR) is 61.9 cm³/mol. The molecule has 2 heterocycles. The number of rotatable bonds is 4. The van der Waals surface area contributed by atoms with Gasteiger partial charge in [0.2, 0.25) is 0 Å². The Bertz CT molecular complexity index is 307. The van der Waals surface area contributed by atoms with Crippen LogP contribution in [0.4, 0.5) is 5.82 Å². The van der Waals surface area contributed by atoms with Crippen LogP contribution in [-0.4, -0.2) is 24.5 Å². The quantitative estimate of drug-likeness (QED) is 0.843. The molecule has 0 aliphatic carbocycles. The summed E-state index contributed by atoms with van der Waals surface area (Å²) in [4.78, 5) is 4.04. The second kappa shape index (κ2) is 5.82. The lowest BCUT2D eigenvalue weighted by molar-refractivity contribution is -0.161. The monoisotopic (exact) mass is 222 g/mol. The number of hydrogen-bond acceptors (Lipinski definition) is 4. The molecule has 1 unspecified atom stereocenters. The van der Waals surface area contributed by atoms with E-state index in [0.717, 1.165) is 31.4 Å². The number of nitrogen functional groups attached to an aromatic ring is 1. The Hall–Kier alpha value is -1.13. The van der Waals surface area contributed by atoms with Crippen LogP contribution in [0.25, 0.3) is 0 Å². The first-order chi connectivity index (χ1) is 7.84. The lowest BCUT2D eigenvalue weighted by Crippen LogP contribution is -2.23. The maximum Gasteiger partial charge on any atom is 0.157 e. The number of anilines is 1. The topological polar surface area (TPSA) is 57.4 Å². The lowest BCUT2D eigenvalue weighted by atomic mass is 10.2. The molecule has 1 aromatic rings. The van der Waals surface area contributed by atoms with Gasteiger partial charge in [0.25, 0.3) is 0 Å². The Kier molecular flexibility index (Phi) is 4.13. The van der Waals surface area contributed by atoms with Gasteiger partial charge in [-0.05, 0) is 37.3 Å². The van der Waals surface area contributed by atoms with Crippen LogP contribution in [0.3, 0.4) is 0 Å². The van der Waals surface area contributed by atoms with E-state index < -0.39 is 0 Å². The van der Waals surface area contributed by atoms with E-state index in [1.807, 2.05) is 12.1 Å². The number of ether oxygens (including phenoxy) is 2. The molecule has 2 N–H and O–H groups in total. The fraction of sp³-hybridized carbons (Fsp3) is 0.583. The van der Waals surface area contributed by atoms with Crippen molar-refractivity contribution >= 4 is 5.82 Å². The van der Waals surface area contributed by atoms with Crippen molar-refractivity contribution in [2.24, 2.45) is 0 Å². The molecular formula is C12H18N2O2. The highest BCUT2D eigenvalue weighted by molar-refractivity contribution is 5.29. The van der Waals surface area contributed by atoms with Gasteiger partial charge >= 0.3 is 0 Å². The zero-order chi connectivity index (χ0) is 11.2. The van der Waals surface area contributed by atoms with Crippen molar-refractivity contribution in [3.8, 4) is 0 Å². The Balaban J connectivity index is 1.69. The summed E-state index contributed by atoms with van der Waals surface area (Å²) in [6.45, 7) is 1.50. The van der Waals surface area contributed by atoms with Gasteiger partial charge in [0, 0.05) is 12.8 Å². The normalized spacial score (nSPS) is 20.9. The first kappa shape index (κ1) is 11.4. The third-order valence-corrected chi connectivity index (χ3v) is 2.68. The standard InChI is InChI=1S/C12H18N2O2/c13-11-5-4-10(9-14-11)6-8-16-12-3-1-2-7-15-12/h4-5,9,12H,1-3,6-8H2,(H2,13,14). The third kappa shape index (κ3) is 3.47. The third-order valence-electron chi connectivity index (χ3n) is 2.68. The number of nitrogens with two attached hydrogens (primary N) is 1. The van der Waals surface area contributed by atoms with Gasteiger partial charge < -0.3 is 15.2 Å². The molecule has 1 aliphatic rings. The summed E-state index contributed by atoms with van der Waals surface area (Å²) in [5, 5.41) is 0. The van der Waals surface area contributed by atoms with Crippen molar-refractivity contribution < 1.29 is 9.47 Å². The molecule has 1 aromatic heterocycles. The summed E-state index contributed by atoms with van der Waals surface area (Å²) in [6, 6.07) is 3.79. The average molecular weight is 222 g/mol. The molecule has 1 aliphatic heterocycles. The van der Waals surface area contributed by atoms with Gasteiger partial charge in [-0.3, -0.25) is 0 Å². The summed E-state index contributed by atoms with van der Waals surface area (Å²) in [6.07, 6.45) is 6.01. The molecule has 1 atom stereocenters. The predicted octanol–water partition coefficient (Wildman–Crippen LogP) is 1.75. The molecule has 1 fully saturated rings. The van der Waals surface area contributed by atoms with Crippen LogP contribution in [-0.2, 0) is 15.9 Å². The SMILES string of the molecule is Nc1ccc(CCOC2CCCCO2)cn1. The van der Waals surface area contributed by atoms with E-state index in [1.165, 1.54) is 6.42 Å². The Morgan fingerprint density at radius 3 is 3.06 bits per heavy atom. The molecule has 0 bridgehead atoms. The number of pyridine rings is 1. The van der Waals surface area contributed by atoms with Crippen LogP contribution in [0.1, 0.15) is 24.8 Å². The van der Waals surface area contributed by atoms with Crippen molar-refractivity contribution in [3.05, 3.63) is 23.9 Å². The van der Waals surface area contributed by atoms with Gasteiger partial charge in [-0.25, -0.2) is 4.98 Å². The van der Waals surface area contributed by atoms with Crippen LogP contribution in [0.2, 0.25) is 0 Å². The van der Waals surface area contributed by atoms with Gasteiger partial charge in [0.05, 0.1) is 6.61 Å². The second-order valence-corrected chi connectivity index (χ2v) is 4.01. The van der Waals surface area contributed by atoms with E-state index >= 15 is 0 Å². The van der Waals surface area contributed by atoms with Gasteiger partial charge in [0.15, 0.2) is 6.29 Å². The first-order valence-electron chi connectivity index (χ1n) is 5.78. The van der Waals surface area contributed by atoms with E-state index in [0.29, 0.717) is 12.4 Å². The number of aromatic nitrogens is 1. The zero-order valence-corrected chi connectivity index (χ0v) is 9.39. The van der Waals surface area contributed by atoms with Crippen LogP contribution in [0.15, 0.2) is 18.3 Å². The molecule has 4 heteroatoms. The summed E-state index contributed by atoms with van der Waals surface area (Å²) >= 11 is 0. The molecule has 0 radical (unpaired) electrons. The molecule has 0 aromatic carbocycles. The van der Waals surface area contributed by atoms with Gasteiger partial charge in [-0.2, -0.15) is 0 Å². The summed E-state index contributed by atoms with van der Waals surface area (Å²) < 4.78 is 11.1. The Morgan fingerprint density at radius 1 is 1.44 bits per heavy atom. The lowest BCUT2D eigenvalue weighted by Gasteiger charge is -2.22. The average Bonchev–Trinajstić information content (AvgIpc) is 2.33. The van der Waals surface area contributed by atoms with E-state index in [4.69, 9.17) is 15.2 Å². The summed E-state index contributed by atoms with van der Waals surface area (Å²) in [7, 11) is 0. The highest BCUT2D eigenvalue weighted by Crippen LogP contribution is 2.14.